The van der Waals surface area contributed by atoms with Gasteiger partial charge in [-0.05, 0) is 37.5 Å². The Hall–Kier alpha value is -2.09. The summed E-state index contributed by atoms with van der Waals surface area (Å²) in [5.41, 5.74) is 0. The van der Waals surface area contributed by atoms with Crippen LogP contribution in [0.2, 0.25) is 0 Å². The van der Waals surface area contributed by atoms with Gasteiger partial charge < -0.3 is 14.6 Å². The Morgan fingerprint density at radius 1 is 1.31 bits per heavy atom. The Labute approximate surface area is 153 Å². The summed E-state index contributed by atoms with van der Waals surface area (Å²) in [7, 11) is -3.04. The standard InChI is InChI=1S/C18H24N2O5S/c1-12-11-15(12)16-5-3-14(25-16)4-6-17(21)19-13(2)18(22)20-7-9-26(23,24)10-8-20/h3-6,12-13,15H,7-11H2,1-2H3,(H,19,21)/b6-4+. The van der Waals surface area contributed by atoms with Gasteiger partial charge in [0.15, 0.2) is 9.84 Å². The molecule has 1 aliphatic carbocycles. The van der Waals surface area contributed by atoms with E-state index in [0.717, 1.165) is 12.2 Å². The second-order valence-corrected chi connectivity index (χ2v) is 9.40. The molecule has 0 aromatic carbocycles. The lowest BCUT2D eigenvalue weighted by atomic mass is 10.2. The molecule has 1 N–H and O–H groups in total. The number of carbonyl (C=O) groups is 2. The van der Waals surface area contributed by atoms with Crippen LogP contribution >= 0.6 is 0 Å². The van der Waals surface area contributed by atoms with Crippen LogP contribution < -0.4 is 5.32 Å². The van der Waals surface area contributed by atoms with E-state index in [0.29, 0.717) is 17.6 Å². The average Bonchev–Trinajstić information content (AvgIpc) is 3.13. The third-order valence-electron chi connectivity index (χ3n) is 4.91. The Balaban J connectivity index is 1.49. The first-order chi connectivity index (χ1) is 12.2. The highest BCUT2D eigenvalue weighted by Gasteiger charge is 2.36. The van der Waals surface area contributed by atoms with Gasteiger partial charge in [0.05, 0.1) is 11.5 Å². The summed E-state index contributed by atoms with van der Waals surface area (Å²) in [6, 6.07) is 3.04. The monoisotopic (exact) mass is 380 g/mol. The number of hydrogen-bond donors (Lipinski definition) is 1. The van der Waals surface area contributed by atoms with Gasteiger partial charge in [-0.2, -0.15) is 0 Å². The molecule has 3 unspecified atom stereocenters. The molecule has 2 heterocycles. The molecule has 8 heteroatoms. The minimum atomic E-state index is -3.04. The molecule has 0 radical (unpaired) electrons. The van der Waals surface area contributed by atoms with Crippen LogP contribution in [0.4, 0.5) is 0 Å². The predicted molar refractivity (Wildman–Crippen MR) is 97.1 cm³/mol. The van der Waals surface area contributed by atoms with Crippen molar-refractivity contribution in [2.24, 2.45) is 5.92 Å². The highest BCUT2D eigenvalue weighted by molar-refractivity contribution is 7.91. The fourth-order valence-electron chi connectivity index (χ4n) is 3.06. The van der Waals surface area contributed by atoms with Gasteiger partial charge in [0, 0.05) is 25.1 Å². The van der Waals surface area contributed by atoms with Crippen molar-refractivity contribution in [3.05, 3.63) is 29.7 Å². The molecule has 2 amide bonds. The molecule has 1 saturated heterocycles. The summed E-state index contributed by atoms with van der Waals surface area (Å²) in [6.45, 7) is 4.11. The van der Waals surface area contributed by atoms with Crippen molar-refractivity contribution in [2.75, 3.05) is 24.6 Å². The summed E-state index contributed by atoms with van der Waals surface area (Å²) >= 11 is 0. The number of carbonyl (C=O) groups excluding carboxylic acids is 2. The van der Waals surface area contributed by atoms with Gasteiger partial charge in [-0.25, -0.2) is 8.42 Å². The van der Waals surface area contributed by atoms with Crippen LogP contribution in [0.25, 0.3) is 6.08 Å². The van der Waals surface area contributed by atoms with E-state index in [4.69, 9.17) is 4.42 Å². The van der Waals surface area contributed by atoms with Gasteiger partial charge in [0.25, 0.3) is 0 Å². The molecule has 2 fully saturated rings. The quantitative estimate of drug-likeness (QED) is 0.774. The van der Waals surface area contributed by atoms with Crippen LogP contribution in [-0.4, -0.2) is 55.8 Å². The van der Waals surface area contributed by atoms with E-state index in [1.54, 1.807) is 13.0 Å². The molecule has 1 aromatic rings. The topological polar surface area (TPSA) is 96.7 Å². The molecular formula is C18H24N2O5S. The molecule has 1 aliphatic heterocycles. The van der Waals surface area contributed by atoms with E-state index in [1.165, 1.54) is 11.0 Å². The first kappa shape index (κ1) is 18.7. The van der Waals surface area contributed by atoms with Gasteiger partial charge in [-0.3, -0.25) is 9.59 Å². The fraction of sp³-hybridized carbons (Fsp3) is 0.556. The lowest BCUT2D eigenvalue weighted by Gasteiger charge is -2.29. The van der Waals surface area contributed by atoms with Crippen LogP contribution in [0.5, 0.6) is 0 Å². The van der Waals surface area contributed by atoms with E-state index in [1.807, 2.05) is 12.1 Å². The number of furan rings is 1. The minimum Gasteiger partial charge on any atom is -0.461 e. The third kappa shape index (κ3) is 4.55. The van der Waals surface area contributed by atoms with E-state index in [9.17, 15) is 18.0 Å². The SMILES string of the molecule is CC(NC(=O)/C=C/c1ccc(C2CC2C)o1)C(=O)N1CCS(=O)(=O)CC1. The second-order valence-electron chi connectivity index (χ2n) is 7.10. The zero-order valence-electron chi connectivity index (χ0n) is 15.0. The first-order valence-electron chi connectivity index (χ1n) is 8.83. The maximum absolute atomic E-state index is 12.3. The minimum absolute atomic E-state index is 0.0280. The molecule has 2 aliphatic rings. The summed E-state index contributed by atoms with van der Waals surface area (Å²) < 4.78 is 28.5. The first-order valence-corrected chi connectivity index (χ1v) is 10.6. The number of amides is 2. The van der Waals surface area contributed by atoms with Crippen LogP contribution in [0.15, 0.2) is 22.6 Å². The number of nitrogens with one attached hydrogen (secondary N) is 1. The molecular weight excluding hydrogens is 356 g/mol. The van der Waals surface area contributed by atoms with Crippen molar-refractivity contribution in [3.8, 4) is 0 Å². The second kappa shape index (κ2) is 7.26. The van der Waals surface area contributed by atoms with Gasteiger partial charge in [-0.15, -0.1) is 0 Å². The largest absolute Gasteiger partial charge is 0.461 e. The van der Waals surface area contributed by atoms with E-state index >= 15 is 0 Å². The predicted octanol–water partition coefficient (Wildman–Crippen LogP) is 1.18. The molecule has 0 spiro atoms. The van der Waals surface area contributed by atoms with Gasteiger partial charge >= 0.3 is 0 Å². The molecule has 1 saturated carbocycles. The van der Waals surface area contributed by atoms with Gasteiger partial charge in [0.1, 0.15) is 17.6 Å². The molecule has 1 aromatic heterocycles. The van der Waals surface area contributed by atoms with E-state index in [-0.39, 0.29) is 30.5 Å². The van der Waals surface area contributed by atoms with Crippen LogP contribution in [-0.2, 0) is 19.4 Å². The number of hydrogen-bond acceptors (Lipinski definition) is 5. The van der Waals surface area contributed by atoms with Gasteiger partial charge in [-0.1, -0.05) is 6.92 Å². The molecule has 26 heavy (non-hydrogen) atoms. The molecule has 142 valence electrons. The van der Waals surface area contributed by atoms with Crippen LogP contribution in [0, 0.1) is 5.92 Å². The van der Waals surface area contributed by atoms with Crippen molar-refractivity contribution < 1.29 is 22.4 Å². The number of rotatable bonds is 5. The fourth-order valence-corrected chi connectivity index (χ4v) is 4.26. The van der Waals surface area contributed by atoms with Crippen molar-refractivity contribution in [1.82, 2.24) is 10.2 Å². The van der Waals surface area contributed by atoms with Crippen molar-refractivity contribution in [3.63, 3.8) is 0 Å². The zero-order valence-corrected chi connectivity index (χ0v) is 15.8. The number of nitrogens with zero attached hydrogens (tertiary/aromatic N) is 1. The van der Waals surface area contributed by atoms with Crippen molar-refractivity contribution in [2.45, 2.75) is 32.2 Å². The maximum Gasteiger partial charge on any atom is 0.244 e. The molecule has 7 nitrogen and oxygen atoms in total. The van der Waals surface area contributed by atoms with Crippen molar-refractivity contribution in [1.29, 1.82) is 0 Å². The van der Waals surface area contributed by atoms with E-state index in [2.05, 4.69) is 12.2 Å². The van der Waals surface area contributed by atoms with Crippen molar-refractivity contribution >= 4 is 27.7 Å². The molecule has 3 atom stereocenters. The Morgan fingerprint density at radius 3 is 2.58 bits per heavy atom. The average molecular weight is 380 g/mol. The summed E-state index contributed by atoms with van der Waals surface area (Å²) in [5, 5.41) is 2.61. The Kier molecular flexibility index (Phi) is 5.22. The lowest BCUT2D eigenvalue weighted by Crippen LogP contribution is -2.51. The smallest absolute Gasteiger partial charge is 0.244 e. The number of sulfone groups is 1. The van der Waals surface area contributed by atoms with Crippen LogP contribution in [0.3, 0.4) is 0 Å². The highest BCUT2D eigenvalue weighted by Crippen LogP contribution is 2.47. The zero-order chi connectivity index (χ0) is 18.9. The Morgan fingerprint density at radius 2 is 1.96 bits per heavy atom. The van der Waals surface area contributed by atoms with Gasteiger partial charge in [0.2, 0.25) is 11.8 Å². The normalized spacial score (nSPS) is 25.8. The van der Waals surface area contributed by atoms with Crippen LogP contribution in [0.1, 0.15) is 37.7 Å². The maximum atomic E-state index is 12.3. The molecule has 0 bridgehead atoms. The molecule has 3 rings (SSSR count). The summed E-state index contributed by atoms with van der Waals surface area (Å²) in [6.07, 6.45) is 4.05. The lowest BCUT2D eigenvalue weighted by molar-refractivity contribution is -0.134. The Bertz CT molecular complexity index is 812. The third-order valence-corrected chi connectivity index (χ3v) is 6.52. The summed E-state index contributed by atoms with van der Waals surface area (Å²) in [4.78, 5) is 25.8. The summed E-state index contributed by atoms with van der Waals surface area (Å²) in [5.74, 6) is 1.96. The van der Waals surface area contributed by atoms with E-state index < -0.39 is 21.8 Å². The highest BCUT2D eigenvalue weighted by atomic mass is 32.2.